The van der Waals surface area contributed by atoms with Crippen LogP contribution in [0.1, 0.15) is 26.7 Å². The maximum absolute atomic E-state index is 11.5. The Balaban J connectivity index is 2.23. The van der Waals surface area contributed by atoms with Gasteiger partial charge < -0.3 is 15.2 Å². The monoisotopic (exact) mass is 215 g/mol. The van der Waals surface area contributed by atoms with Gasteiger partial charge in [-0.2, -0.15) is 0 Å². The molecule has 0 aromatic heterocycles. The number of aliphatic hydroxyl groups excluding tert-OH is 1. The average Bonchev–Trinajstić information content (AvgIpc) is 2.18. The topological polar surface area (TPSA) is 58.6 Å². The zero-order chi connectivity index (χ0) is 11.3. The normalized spacial score (nSPS) is 24.5. The van der Waals surface area contributed by atoms with E-state index in [9.17, 15) is 9.90 Å². The molecule has 88 valence electrons. The lowest BCUT2D eigenvalue weighted by Gasteiger charge is -2.24. The van der Waals surface area contributed by atoms with Crippen LogP contribution >= 0.6 is 0 Å². The summed E-state index contributed by atoms with van der Waals surface area (Å²) in [5.74, 6) is 0.224. The fourth-order valence-electron chi connectivity index (χ4n) is 1.72. The predicted molar refractivity (Wildman–Crippen MR) is 57.7 cm³/mol. The summed E-state index contributed by atoms with van der Waals surface area (Å²) in [5, 5.41) is 12.8. The highest BCUT2D eigenvalue weighted by Gasteiger charge is 2.24. The van der Waals surface area contributed by atoms with Gasteiger partial charge in [0.25, 0.3) is 0 Å². The van der Waals surface area contributed by atoms with E-state index < -0.39 is 6.10 Å². The van der Waals surface area contributed by atoms with Crippen molar-refractivity contribution in [2.45, 2.75) is 38.9 Å². The molecule has 1 aliphatic rings. The molecule has 1 aliphatic heterocycles. The molecule has 4 nitrogen and oxygen atoms in total. The molecule has 2 unspecified atom stereocenters. The average molecular weight is 215 g/mol. The number of hydrogen-bond acceptors (Lipinski definition) is 4. The first-order valence-corrected chi connectivity index (χ1v) is 5.62. The first-order chi connectivity index (χ1) is 7.09. The summed E-state index contributed by atoms with van der Waals surface area (Å²) in [4.78, 5) is 11.5. The van der Waals surface area contributed by atoms with Crippen LogP contribution in [0.5, 0.6) is 0 Å². The molecule has 2 atom stereocenters. The minimum Gasteiger partial charge on any atom is -0.391 e. The van der Waals surface area contributed by atoms with E-state index in [1.165, 1.54) is 0 Å². The molecule has 0 amide bonds. The van der Waals surface area contributed by atoms with Gasteiger partial charge in [0.1, 0.15) is 5.78 Å². The third-order valence-corrected chi connectivity index (χ3v) is 2.57. The smallest absolute Gasteiger partial charge is 0.138 e. The van der Waals surface area contributed by atoms with Crippen molar-refractivity contribution in [2.24, 2.45) is 5.92 Å². The maximum Gasteiger partial charge on any atom is 0.138 e. The summed E-state index contributed by atoms with van der Waals surface area (Å²) < 4.78 is 5.30. The van der Waals surface area contributed by atoms with Crippen LogP contribution in [0.2, 0.25) is 0 Å². The molecule has 15 heavy (non-hydrogen) atoms. The number of hydrogen-bond donors (Lipinski definition) is 2. The fourth-order valence-corrected chi connectivity index (χ4v) is 1.72. The van der Waals surface area contributed by atoms with Crippen LogP contribution in [0.4, 0.5) is 0 Å². The van der Waals surface area contributed by atoms with E-state index in [4.69, 9.17) is 4.74 Å². The van der Waals surface area contributed by atoms with Crippen molar-refractivity contribution in [3.05, 3.63) is 0 Å². The molecule has 0 aromatic rings. The lowest BCUT2D eigenvalue weighted by molar-refractivity contribution is -0.125. The van der Waals surface area contributed by atoms with Crippen molar-refractivity contribution in [1.82, 2.24) is 5.32 Å². The van der Waals surface area contributed by atoms with Crippen molar-refractivity contribution in [2.75, 3.05) is 19.7 Å². The third kappa shape index (κ3) is 4.73. The standard InChI is InChI=1S/C11H21NO3/c1-8(2)15-7-10(13)5-9-6-12-4-3-11(9)14/h8-10,12-13H,3-7H2,1-2H3. The molecule has 4 heteroatoms. The summed E-state index contributed by atoms with van der Waals surface area (Å²) in [7, 11) is 0. The summed E-state index contributed by atoms with van der Waals surface area (Å²) in [6.07, 6.45) is 0.696. The number of carbonyl (C=O) groups excluding carboxylic acids is 1. The van der Waals surface area contributed by atoms with Gasteiger partial charge in [0, 0.05) is 25.4 Å². The lowest BCUT2D eigenvalue weighted by atomic mass is 9.92. The van der Waals surface area contributed by atoms with Crippen molar-refractivity contribution in [1.29, 1.82) is 0 Å². The van der Waals surface area contributed by atoms with Crippen molar-refractivity contribution in [3.8, 4) is 0 Å². The van der Waals surface area contributed by atoms with E-state index >= 15 is 0 Å². The summed E-state index contributed by atoms with van der Waals surface area (Å²) in [6, 6.07) is 0. The van der Waals surface area contributed by atoms with Crippen LogP contribution in [0.3, 0.4) is 0 Å². The Morgan fingerprint density at radius 1 is 1.60 bits per heavy atom. The van der Waals surface area contributed by atoms with Crippen LogP contribution in [0.25, 0.3) is 0 Å². The first kappa shape index (κ1) is 12.6. The number of Topliss-reactive ketones (excluding diaryl/α,β-unsaturated/α-hetero) is 1. The number of aliphatic hydroxyl groups is 1. The maximum atomic E-state index is 11.5. The largest absolute Gasteiger partial charge is 0.391 e. The Labute approximate surface area is 91.0 Å². The minimum atomic E-state index is -0.527. The number of nitrogens with one attached hydrogen (secondary N) is 1. The summed E-state index contributed by atoms with van der Waals surface area (Å²) in [6.45, 7) is 5.65. The second-order valence-corrected chi connectivity index (χ2v) is 4.39. The molecular weight excluding hydrogens is 194 g/mol. The second kappa shape index (κ2) is 6.20. The van der Waals surface area contributed by atoms with Gasteiger partial charge in [0.15, 0.2) is 0 Å². The van der Waals surface area contributed by atoms with Gasteiger partial charge in [0.2, 0.25) is 0 Å². The van der Waals surface area contributed by atoms with Crippen LogP contribution in [0.15, 0.2) is 0 Å². The van der Waals surface area contributed by atoms with E-state index in [1.54, 1.807) is 0 Å². The van der Waals surface area contributed by atoms with Crippen molar-refractivity contribution < 1.29 is 14.6 Å². The number of carbonyl (C=O) groups is 1. The number of piperidine rings is 1. The van der Waals surface area contributed by atoms with Gasteiger partial charge >= 0.3 is 0 Å². The number of ketones is 1. The van der Waals surface area contributed by atoms with Crippen LogP contribution < -0.4 is 5.32 Å². The molecule has 0 spiro atoms. The molecule has 1 heterocycles. The van der Waals surface area contributed by atoms with Crippen LogP contribution in [0, 0.1) is 5.92 Å². The van der Waals surface area contributed by atoms with E-state index in [2.05, 4.69) is 5.32 Å². The van der Waals surface area contributed by atoms with Gasteiger partial charge in [0.05, 0.1) is 18.8 Å². The number of ether oxygens (including phenoxy) is 1. The molecule has 1 rings (SSSR count). The molecule has 1 saturated heterocycles. The molecule has 0 bridgehead atoms. The van der Waals surface area contributed by atoms with E-state index in [-0.39, 0.29) is 17.8 Å². The van der Waals surface area contributed by atoms with E-state index in [1.807, 2.05) is 13.8 Å². The Morgan fingerprint density at radius 3 is 2.93 bits per heavy atom. The SMILES string of the molecule is CC(C)OCC(O)CC1CNCCC1=O. The first-order valence-electron chi connectivity index (χ1n) is 5.62. The molecular formula is C11H21NO3. The molecule has 0 radical (unpaired) electrons. The van der Waals surface area contributed by atoms with Gasteiger partial charge in [-0.3, -0.25) is 4.79 Å². The number of rotatable bonds is 5. The quantitative estimate of drug-likeness (QED) is 0.694. The molecule has 0 aliphatic carbocycles. The Kier molecular flexibility index (Phi) is 5.22. The predicted octanol–water partition coefficient (Wildman–Crippen LogP) is 0.341. The molecule has 0 saturated carbocycles. The highest BCUT2D eigenvalue weighted by molar-refractivity contribution is 5.82. The van der Waals surface area contributed by atoms with E-state index in [0.29, 0.717) is 26.0 Å². The zero-order valence-electron chi connectivity index (χ0n) is 9.53. The van der Waals surface area contributed by atoms with Gasteiger partial charge in [-0.05, 0) is 20.3 Å². The van der Waals surface area contributed by atoms with Gasteiger partial charge in [-0.25, -0.2) is 0 Å². The highest BCUT2D eigenvalue weighted by Crippen LogP contribution is 2.13. The summed E-state index contributed by atoms with van der Waals surface area (Å²) in [5.41, 5.74) is 0. The van der Waals surface area contributed by atoms with Gasteiger partial charge in [-0.15, -0.1) is 0 Å². The fraction of sp³-hybridized carbons (Fsp3) is 0.909. The molecule has 0 aromatic carbocycles. The summed E-state index contributed by atoms with van der Waals surface area (Å²) >= 11 is 0. The Hall–Kier alpha value is -0.450. The van der Waals surface area contributed by atoms with Crippen molar-refractivity contribution in [3.63, 3.8) is 0 Å². The van der Waals surface area contributed by atoms with Crippen LogP contribution in [-0.2, 0) is 9.53 Å². The minimum absolute atomic E-state index is 0.0375. The van der Waals surface area contributed by atoms with E-state index in [0.717, 1.165) is 6.54 Å². The Morgan fingerprint density at radius 2 is 2.33 bits per heavy atom. The zero-order valence-corrected chi connectivity index (χ0v) is 9.53. The Bertz CT molecular complexity index is 206. The van der Waals surface area contributed by atoms with Gasteiger partial charge in [-0.1, -0.05) is 0 Å². The lowest BCUT2D eigenvalue weighted by Crippen LogP contribution is -2.39. The highest BCUT2D eigenvalue weighted by atomic mass is 16.5. The van der Waals surface area contributed by atoms with Crippen LogP contribution in [-0.4, -0.2) is 42.8 Å². The third-order valence-electron chi connectivity index (χ3n) is 2.57. The molecule has 2 N–H and O–H groups in total. The van der Waals surface area contributed by atoms with Crippen molar-refractivity contribution >= 4 is 5.78 Å². The molecule has 1 fully saturated rings. The second-order valence-electron chi connectivity index (χ2n) is 4.39.